The molecule has 0 heterocycles. The third-order valence-electron chi connectivity index (χ3n) is 2.44. The lowest BCUT2D eigenvalue weighted by Gasteiger charge is -2.11. The molecule has 0 amide bonds. The Morgan fingerprint density at radius 1 is 1.24 bits per heavy atom. The molecule has 0 saturated carbocycles. The fourth-order valence-corrected chi connectivity index (χ4v) is 2.46. The molecule has 6 heteroatoms. The quantitative estimate of drug-likeness (QED) is 0.541. The molecule has 0 rings (SSSR count). The Hall–Kier alpha value is -0.170. The second-order valence-electron chi connectivity index (χ2n) is 4.17. The smallest absolute Gasteiger partial charge is 0.211 e. The molecule has 2 N–H and O–H groups in total. The van der Waals surface area contributed by atoms with Crippen LogP contribution >= 0.6 is 0 Å². The first-order chi connectivity index (χ1) is 8.02. The van der Waals surface area contributed by atoms with E-state index in [0.29, 0.717) is 13.0 Å². The van der Waals surface area contributed by atoms with E-state index in [1.165, 1.54) is 0 Å². The van der Waals surface area contributed by atoms with E-state index in [0.717, 1.165) is 25.9 Å². The molecule has 5 nitrogen and oxygen atoms in total. The van der Waals surface area contributed by atoms with Crippen LogP contribution in [0.15, 0.2) is 0 Å². The highest BCUT2D eigenvalue weighted by molar-refractivity contribution is 7.89. The van der Waals surface area contributed by atoms with Crippen LogP contribution in [0.3, 0.4) is 0 Å². The highest BCUT2D eigenvalue weighted by Crippen LogP contribution is 1.95. The molecule has 0 aliphatic rings. The second-order valence-corrected chi connectivity index (χ2v) is 6.10. The highest BCUT2D eigenvalue weighted by atomic mass is 32.2. The number of hydrogen-bond acceptors (Lipinski definition) is 4. The Bertz CT molecular complexity index is 268. The Balaban J connectivity index is 3.57. The maximum absolute atomic E-state index is 11.6. The lowest BCUT2D eigenvalue weighted by Crippen LogP contribution is -2.33. The van der Waals surface area contributed by atoms with Gasteiger partial charge in [-0.3, -0.25) is 0 Å². The molecule has 0 radical (unpaired) electrons. The topological polar surface area (TPSA) is 67.4 Å². The first kappa shape index (κ1) is 16.8. The Morgan fingerprint density at radius 2 is 1.94 bits per heavy atom. The number of unbranched alkanes of at least 4 members (excludes halogenated alkanes) is 1. The van der Waals surface area contributed by atoms with Gasteiger partial charge < -0.3 is 10.1 Å². The van der Waals surface area contributed by atoms with Crippen molar-refractivity contribution >= 4 is 10.0 Å². The van der Waals surface area contributed by atoms with Gasteiger partial charge in [-0.1, -0.05) is 6.92 Å². The average Bonchev–Trinajstić information content (AvgIpc) is 2.30. The van der Waals surface area contributed by atoms with Gasteiger partial charge in [0.05, 0.1) is 11.9 Å². The van der Waals surface area contributed by atoms with Crippen LogP contribution in [0.4, 0.5) is 0 Å². The van der Waals surface area contributed by atoms with Crippen LogP contribution < -0.4 is 10.0 Å². The fourth-order valence-electron chi connectivity index (χ4n) is 1.24. The molecule has 0 aliphatic heterocycles. The zero-order valence-electron chi connectivity index (χ0n) is 11.2. The van der Waals surface area contributed by atoms with Crippen molar-refractivity contribution in [3.05, 3.63) is 0 Å². The Morgan fingerprint density at radius 3 is 2.53 bits per heavy atom. The molecule has 0 aromatic heterocycles. The molecule has 0 aliphatic carbocycles. The molecule has 104 valence electrons. The Labute approximate surface area is 105 Å². The van der Waals surface area contributed by atoms with Gasteiger partial charge in [-0.2, -0.15) is 0 Å². The summed E-state index contributed by atoms with van der Waals surface area (Å²) in [5.74, 6) is 0.192. The summed E-state index contributed by atoms with van der Waals surface area (Å²) in [4.78, 5) is 0. The van der Waals surface area contributed by atoms with Crippen LogP contribution in [0.5, 0.6) is 0 Å². The molecular formula is C11H26N2O3S. The number of methoxy groups -OCH3 is 1. The van der Waals surface area contributed by atoms with Crippen LogP contribution in [-0.2, 0) is 14.8 Å². The lowest BCUT2D eigenvalue weighted by molar-refractivity contribution is 0.122. The molecule has 0 aromatic carbocycles. The summed E-state index contributed by atoms with van der Waals surface area (Å²) < 4.78 is 30.6. The van der Waals surface area contributed by atoms with Crippen molar-refractivity contribution in [2.75, 3.05) is 32.5 Å². The lowest BCUT2D eigenvalue weighted by atomic mass is 10.3. The van der Waals surface area contributed by atoms with Gasteiger partial charge in [0, 0.05) is 13.7 Å². The molecule has 0 aromatic rings. The van der Waals surface area contributed by atoms with Gasteiger partial charge in [0.2, 0.25) is 10.0 Å². The van der Waals surface area contributed by atoms with Crippen molar-refractivity contribution in [1.29, 1.82) is 0 Å². The minimum Gasteiger partial charge on any atom is -0.380 e. The van der Waals surface area contributed by atoms with Gasteiger partial charge in [-0.15, -0.1) is 0 Å². The molecular weight excluding hydrogens is 240 g/mol. The van der Waals surface area contributed by atoms with Gasteiger partial charge in [0.25, 0.3) is 0 Å². The fraction of sp³-hybridized carbons (Fsp3) is 1.00. The molecule has 1 unspecified atom stereocenters. The maximum atomic E-state index is 11.6. The van der Waals surface area contributed by atoms with E-state index in [-0.39, 0.29) is 11.9 Å². The van der Waals surface area contributed by atoms with Crippen LogP contribution in [0.1, 0.15) is 33.1 Å². The van der Waals surface area contributed by atoms with E-state index in [1.54, 1.807) is 7.11 Å². The van der Waals surface area contributed by atoms with Crippen molar-refractivity contribution in [2.45, 2.75) is 39.2 Å². The van der Waals surface area contributed by atoms with Gasteiger partial charge in [-0.05, 0) is 39.3 Å². The predicted molar refractivity (Wildman–Crippen MR) is 70.7 cm³/mol. The summed E-state index contributed by atoms with van der Waals surface area (Å²) in [6.07, 6.45) is 2.60. The third kappa shape index (κ3) is 10.7. The first-order valence-electron chi connectivity index (χ1n) is 6.22. The standard InChI is InChI=1S/C11H26N2O3S/c1-4-7-12-8-5-6-9-17(14,15)13-10-11(2)16-3/h11-13H,4-10H2,1-3H3. The summed E-state index contributed by atoms with van der Waals surface area (Å²) in [5, 5.41) is 3.25. The van der Waals surface area contributed by atoms with E-state index in [2.05, 4.69) is 17.0 Å². The summed E-state index contributed by atoms with van der Waals surface area (Å²) in [6, 6.07) is 0. The summed E-state index contributed by atoms with van der Waals surface area (Å²) in [7, 11) is -1.57. The number of hydrogen-bond donors (Lipinski definition) is 2. The monoisotopic (exact) mass is 266 g/mol. The molecule has 17 heavy (non-hydrogen) atoms. The van der Waals surface area contributed by atoms with E-state index < -0.39 is 10.0 Å². The number of nitrogens with one attached hydrogen (secondary N) is 2. The number of ether oxygens (including phenoxy) is 1. The summed E-state index contributed by atoms with van der Waals surface area (Å²) in [6.45, 7) is 6.16. The van der Waals surface area contributed by atoms with E-state index in [1.807, 2.05) is 6.92 Å². The highest BCUT2D eigenvalue weighted by Gasteiger charge is 2.10. The van der Waals surface area contributed by atoms with Crippen LogP contribution in [0.25, 0.3) is 0 Å². The van der Waals surface area contributed by atoms with Gasteiger partial charge in [-0.25, -0.2) is 13.1 Å². The zero-order chi connectivity index (χ0) is 13.1. The minimum atomic E-state index is -3.14. The van der Waals surface area contributed by atoms with E-state index in [9.17, 15) is 8.42 Å². The largest absolute Gasteiger partial charge is 0.380 e. The van der Waals surface area contributed by atoms with Crippen LogP contribution in [0, 0.1) is 0 Å². The minimum absolute atomic E-state index is 0.0870. The number of rotatable bonds is 11. The predicted octanol–water partition coefficient (Wildman–Crippen LogP) is 0.721. The SMILES string of the molecule is CCCNCCCCS(=O)(=O)NCC(C)OC. The van der Waals surface area contributed by atoms with Crippen molar-refractivity contribution in [1.82, 2.24) is 10.0 Å². The van der Waals surface area contributed by atoms with E-state index in [4.69, 9.17) is 4.74 Å². The van der Waals surface area contributed by atoms with Crippen molar-refractivity contribution < 1.29 is 13.2 Å². The van der Waals surface area contributed by atoms with Crippen molar-refractivity contribution in [2.24, 2.45) is 0 Å². The summed E-state index contributed by atoms with van der Waals surface area (Å²) >= 11 is 0. The average molecular weight is 266 g/mol. The molecule has 0 bridgehead atoms. The molecule has 1 atom stereocenters. The number of sulfonamides is 1. The maximum Gasteiger partial charge on any atom is 0.211 e. The van der Waals surface area contributed by atoms with Gasteiger partial charge >= 0.3 is 0 Å². The third-order valence-corrected chi connectivity index (χ3v) is 3.87. The van der Waals surface area contributed by atoms with Crippen LogP contribution in [0.2, 0.25) is 0 Å². The van der Waals surface area contributed by atoms with Crippen molar-refractivity contribution in [3.63, 3.8) is 0 Å². The summed E-state index contributed by atoms with van der Waals surface area (Å²) in [5.41, 5.74) is 0. The zero-order valence-corrected chi connectivity index (χ0v) is 12.0. The first-order valence-corrected chi connectivity index (χ1v) is 7.88. The normalized spacial score (nSPS) is 13.8. The van der Waals surface area contributed by atoms with E-state index >= 15 is 0 Å². The Kier molecular flexibility index (Phi) is 9.72. The molecule has 0 spiro atoms. The second kappa shape index (κ2) is 9.82. The van der Waals surface area contributed by atoms with Gasteiger partial charge in [0.1, 0.15) is 0 Å². The van der Waals surface area contributed by atoms with Crippen LogP contribution in [-0.4, -0.2) is 47.0 Å². The molecule has 0 saturated heterocycles. The molecule has 0 fully saturated rings. The van der Waals surface area contributed by atoms with Gasteiger partial charge in [0.15, 0.2) is 0 Å². The van der Waals surface area contributed by atoms with Crippen molar-refractivity contribution in [3.8, 4) is 0 Å².